The molecule has 0 radical (unpaired) electrons. The molecule has 8 nitrogen and oxygen atoms in total. The number of hydrogen-bond acceptors (Lipinski definition) is 6. The molecule has 1 aromatic heterocycles. The van der Waals surface area contributed by atoms with Crippen molar-refractivity contribution >= 4 is 17.6 Å². The molecule has 8 heteroatoms. The van der Waals surface area contributed by atoms with Crippen LogP contribution < -0.4 is 10.9 Å². The fourth-order valence-corrected chi connectivity index (χ4v) is 2.32. The number of para-hydroxylation sites is 1. The lowest BCUT2D eigenvalue weighted by Crippen LogP contribution is -2.32. The third-order valence-corrected chi connectivity index (χ3v) is 3.74. The van der Waals surface area contributed by atoms with Gasteiger partial charge in [-0.25, -0.2) is 9.48 Å². The highest BCUT2D eigenvalue weighted by Crippen LogP contribution is 2.16. The molecule has 0 atom stereocenters. The molecule has 1 heterocycles. The van der Waals surface area contributed by atoms with E-state index in [1.54, 1.807) is 39.0 Å². The zero-order valence-corrected chi connectivity index (χ0v) is 14.7. The number of aryl methyl sites for hydroxylation is 1. The van der Waals surface area contributed by atoms with Crippen LogP contribution in [0.4, 0.5) is 5.69 Å². The van der Waals surface area contributed by atoms with Crippen molar-refractivity contribution in [1.29, 1.82) is 5.26 Å². The van der Waals surface area contributed by atoms with Crippen LogP contribution >= 0.6 is 0 Å². The monoisotopic (exact) mass is 354 g/mol. The summed E-state index contributed by atoms with van der Waals surface area (Å²) in [7, 11) is 0. The van der Waals surface area contributed by atoms with Crippen molar-refractivity contribution in [3.05, 3.63) is 57.0 Å². The standard InChI is InChI=1S/C18H18N4O4/c1-4-26-18(25)13-7-5-6-8-15(13)20-16(23)10-22-17(24)14(9-19)11(2)12(3)21-22/h5-8H,4,10H2,1-3H3,(H,20,23). The summed E-state index contributed by atoms with van der Waals surface area (Å²) in [5.74, 6) is -1.11. The van der Waals surface area contributed by atoms with Crippen LogP contribution in [0.15, 0.2) is 29.1 Å². The van der Waals surface area contributed by atoms with Crippen LogP contribution in [0.2, 0.25) is 0 Å². The molecule has 0 bridgehead atoms. The van der Waals surface area contributed by atoms with Crippen LogP contribution in [0.3, 0.4) is 0 Å². The van der Waals surface area contributed by atoms with Gasteiger partial charge in [-0.3, -0.25) is 9.59 Å². The minimum atomic E-state index is -0.635. The summed E-state index contributed by atoms with van der Waals surface area (Å²) in [6.45, 7) is 4.79. The van der Waals surface area contributed by atoms with E-state index in [-0.39, 0.29) is 30.0 Å². The highest BCUT2D eigenvalue weighted by molar-refractivity contribution is 6.01. The maximum Gasteiger partial charge on any atom is 0.340 e. The number of amides is 1. The first kappa shape index (κ1) is 18.9. The van der Waals surface area contributed by atoms with E-state index in [4.69, 9.17) is 10.00 Å². The molecular weight excluding hydrogens is 336 g/mol. The molecule has 0 aliphatic heterocycles. The summed E-state index contributed by atoms with van der Waals surface area (Å²) in [4.78, 5) is 36.5. The number of ether oxygens (including phenoxy) is 1. The van der Waals surface area contributed by atoms with Gasteiger partial charge in [-0.05, 0) is 38.5 Å². The highest BCUT2D eigenvalue weighted by atomic mass is 16.5. The first-order chi connectivity index (χ1) is 12.4. The second kappa shape index (κ2) is 8.07. The number of nitriles is 1. The molecule has 134 valence electrons. The Morgan fingerprint density at radius 3 is 2.65 bits per heavy atom. The number of esters is 1. The summed E-state index contributed by atoms with van der Waals surface area (Å²) in [5.41, 5.74) is 0.776. The predicted molar refractivity (Wildman–Crippen MR) is 93.7 cm³/mol. The van der Waals surface area contributed by atoms with Gasteiger partial charge in [0, 0.05) is 0 Å². The van der Waals surface area contributed by atoms with E-state index in [2.05, 4.69) is 10.4 Å². The van der Waals surface area contributed by atoms with Gasteiger partial charge in [-0.1, -0.05) is 12.1 Å². The Kier molecular flexibility index (Phi) is 5.86. The molecule has 0 fully saturated rings. The number of carbonyl (C=O) groups excluding carboxylic acids is 2. The van der Waals surface area contributed by atoms with Gasteiger partial charge >= 0.3 is 5.97 Å². The minimum absolute atomic E-state index is 0.0442. The van der Waals surface area contributed by atoms with Crippen LogP contribution in [-0.2, 0) is 16.1 Å². The number of aromatic nitrogens is 2. The van der Waals surface area contributed by atoms with Crippen molar-refractivity contribution in [1.82, 2.24) is 9.78 Å². The first-order valence-electron chi connectivity index (χ1n) is 7.93. The molecule has 0 saturated heterocycles. The maximum absolute atomic E-state index is 12.3. The zero-order valence-electron chi connectivity index (χ0n) is 14.7. The van der Waals surface area contributed by atoms with Gasteiger partial charge in [-0.15, -0.1) is 0 Å². The van der Waals surface area contributed by atoms with Crippen molar-refractivity contribution in [2.75, 3.05) is 11.9 Å². The molecule has 0 unspecified atom stereocenters. The fraction of sp³-hybridized carbons (Fsp3) is 0.278. The van der Waals surface area contributed by atoms with Crippen molar-refractivity contribution in [3.8, 4) is 6.07 Å². The molecule has 1 aromatic carbocycles. The summed E-state index contributed by atoms with van der Waals surface area (Å²) in [6, 6.07) is 8.23. The topological polar surface area (TPSA) is 114 Å². The quantitative estimate of drug-likeness (QED) is 0.815. The van der Waals surface area contributed by atoms with Gasteiger partial charge in [0.15, 0.2) is 0 Å². The summed E-state index contributed by atoms with van der Waals surface area (Å²) >= 11 is 0. The van der Waals surface area contributed by atoms with Crippen molar-refractivity contribution in [2.45, 2.75) is 27.3 Å². The van der Waals surface area contributed by atoms with Crippen molar-refractivity contribution < 1.29 is 14.3 Å². The highest BCUT2D eigenvalue weighted by Gasteiger charge is 2.17. The first-order valence-corrected chi connectivity index (χ1v) is 7.93. The van der Waals surface area contributed by atoms with Crippen LogP contribution in [0.5, 0.6) is 0 Å². The molecule has 26 heavy (non-hydrogen) atoms. The third kappa shape index (κ3) is 3.95. The lowest BCUT2D eigenvalue weighted by molar-refractivity contribution is -0.117. The predicted octanol–water partition coefficient (Wildman–Crippen LogP) is 1.55. The maximum atomic E-state index is 12.3. The molecule has 0 aliphatic carbocycles. The number of nitrogens with zero attached hydrogens (tertiary/aromatic N) is 3. The van der Waals surface area contributed by atoms with Gasteiger partial charge in [0.05, 0.1) is 23.6 Å². The van der Waals surface area contributed by atoms with Crippen LogP contribution in [0.1, 0.15) is 34.1 Å². The Balaban J connectivity index is 2.27. The number of benzene rings is 1. The van der Waals surface area contributed by atoms with Gasteiger partial charge < -0.3 is 10.1 Å². The van der Waals surface area contributed by atoms with E-state index in [0.29, 0.717) is 11.3 Å². The summed E-state index contributed by atoms with van der Waals surface area (Å²) in [5, 5.41) is 15.7. The number of rotatable bonds is 5. The van der Waals surface area contributed by atoms with E-state index in [1.807, 2.05) is 6.07 Å². The lowest BCUT2D eigenvalue weighted by Gasteiger charge is -2.12. The van der Waals surface area contributed by atoms with E-state index in [0.717, 1.165) is 4.68 Å². The van der Waals surface area contributed by atoms with E-state index in [9.17, 15) is 14.4 Å². The Hall–Kier alpha value is -3.47. The lowest BCUT2D eigenvalue weighted by atomic mass is 10.1. The normalized spacial score (nSPS) is 10.1. The molecule has 0 aliphatic rings. The van der Waals surface area contributed by atoms with Gasteiger partial charge in [0.2, 0.25) is 5.91 Å². The Bertz CT molecular complexity index is 957. The largest absolute Gasteiger partial charge is 0.462 e. The third-order valence-electron chi connectivity index (χ3n) is 3.74. The Labute approximate surface area is 150 Å². The van der Waals surface area contributed by atoms with Crippen LogP contribution in [0, 0.1) is 25.2 Å². The van der Waals surface area contributed by atoms with Crippen LogP contribution in [-0.4, -0.2) is 28.3 Å². The Morgan fingerprint density at radius 2 is 2.00 bits per heavy atom. The van der Waals surface area contributed by atoms with Crippen LogP contribution in [0.25, 0.3) is 0 Å². The zero-order chi connectivity index (χ0) is 19.3. The summed E-state index contributed by atoms with van der Waals surface area (Å²) < 4.78 is 5.89. The average molecular weight is 354 g/mol. The van der Waals surface area contributed by atoms with E-state index in [1.165, 1.54) is 6.07 Å². The van der Waals surface area contributed by atoms with Crippen molar-refractivity contribution in [2.24, 2.45) is 0 Å². The summed E-state index contributed by atoms with van der Waals surface area (Å²) in [6.07, 6.45) is 0. The minimum Gasteiger partial charge on any atom is -0.462 e. The average Bonchev–Trinajstić information content (AvgIpc) is 2.61. The van der Waals surface area contributed by atoms with E-state index < -0.39 is 17.4 Å². The molecule has 0 spiro atoms. The SMILES string of the molecule is CCOC(=O)c1ccccc1NC(=O)Cn1nc(C)c(C)c(C#N)c1=O. The Morgan fingerprint density at radius 1 is 1.31 bits per heavy atom. The molecule has 1 N–H and O–H groups in total. The second-order valence-electron chi connectivity index (χ2n) is 5.47. The molecule has 2 aromatic rings. The molecule has 0 saturated carbocycles. The molecule has 1 amide bonds. The molecule has 2 rings (SSSR count). The second-order valence-corrected chi connectivity index (χ2v) is 5.47. The smallest absolute Gasteiger partial charge is 0.340 e. The van der Waals surface area contributed by atoms with Gasteiger partial charge in [-0.2, -0.15) is 10.4 Å². The number of nitrogens with one attached hydrogen (secondary N) is 1. The van der Waals surface area contributed by atoms with Gasteiger partial charge in [0.25, 0.3) is 5.56 Å². The fourth-order valence-electron chi connectivity index (χ4n) is 2.32. The van der Waals surface area contributed by atoms with E-state index >= 15 is 0 Å². The van der Waals surface area contributed by atoms with Crippen molar-refractivity contribution in [3.63, 3.8) is 0 Å². The van der Waals surface area contributed by atoms with Gasteiger partial charge in [0.1, 0.15) is 18.2 Å². The number of hydrogen-bond donors (Lipinski definition) is 1. The number of anilines is 1. The number of carbonyl (C=O) groups is 2. The molecular formula is C18H18N4O4.